The maximum absolute atomic E-state index is 12.5. The topological polar surface area (TPSA) is 114 Å². The molecule has 0 unspecified atom stereocenters. The summed E-state index contributed by atoms with van der Waals surface area (Å²) in [4.78, 5) is 36.3. The van der Waals surface area contributed by atoms with Crippen molar-refractivity contribution in [1.82, 2.24) is 10.6 Å². The Bertz CT molecular complexity index is 1060. The molecule has 0 aliphatic heterocycles. The van der Waals surface area contributed by atoms with E-state index < -0.39 is 23.7 Å². The first kappa shape index (κ1) is 24.7. The zero-order chi connectivity index (χ0) is 25.2. The Morgan fingerprint density at radius 1 is 1.03 bits per heavy atom. The summed E-state index contributed by atoms with van der Waals surface area (Å²) < 4.78 is 11.0. The number of benzene rings is 2. The summed E-state index contributed by atoms with van der Waals surface area (Å²) in [6.07, 6.45) is 0.0574. The van der Waals surface area contributed by atoms with Crippen LogP contribution in [0, 0.1) is 11.8 Å². The Hall–Kier alpha value is -3.39. The van der Waals surface area contributed by atoms with Gasteiger partial charge in [-0.25, -0.2) is 9.59 Å². The second-order valence-electron chi connectivity index (χ2n) is 10.1. The number of amides is 2. The van der Waals surface area contributed by atoms with Crippen LogP contribution in [0.1, 0.15) is 44.2 Å². The number of carbonyl (C=O) groups is 3. The highest BCUT2D eigenvalue weighted by Crippen LogP contribution is 2.44. The van der Waals surface area contributed by atoms with Gasteiger partial charge in [0.1, 0.15) is 6.61 Å². The molecule has 186 valence electrons. The second-order valence-corrected chi connectivity index (χ2v) is 10.1. The maximum Gasteiger partial charge on any atom is 0.407 e. The van der Waals surface area contributed by atoms with Gasteiger partial charge in [-0.2, -0.15) is 0 Å². The molecular formula is C27H32N2O6. The van der Waals surface area contributed by atoms with Crippen LogP contribution in [0.15, 0.2) is 48.5 Å². The van der Waals surface area contributed by atoms with Crippen molar-refractivity contribution in [2.45, 2.75) is 44.8 Å². The lowest BCUT2D eigenvalue weighted by molar-refractivity contribution is -0.145. The third kappa shape index (κ3) is 6.00. The second kappa shape index (κ2) is 10.1. The summed E-state index contributed by atoms with van der Waals surface area (Å²) >= 11 is 0. The zero-order valence-electron chi connectivity index (χ0n) is 20.2. The van der Waals surface area contributed by atoms with E-state index in [1.54, 1.807) is 0 Å². The van der Waals surface area contributed by atoms with E-state index in [1.165, 1.54) is 0 Å². The zero-order valence-corrected chi connectivity index (χ0v) is 20.2. The van der Waals surface area contributed by atoms with E-state index in [0.717, 1.165) is 22.3 Å². The fourth-order valence-electron chi connectivity index (χ4n) is 4.44. The van der Waals surface area contributed by atoms with Gasteiger partial charge in [0.2, 0.25) is 5.91 Å². The number of carboxylic acid groups (broad SMARTS) is 1. The highest BCUT2D eigenvalue weighted by molar-refractivity contribution is 5.87. The molecule has 8 heteroatoms. The quantitative estimate of drug-likeness (QED) is 0.506. The van der Waals surface area contributed by atoms with Gasteiger partial charge in [-0.3, -0.25) is 4.79 Å². The third-order valence-electron chi connectivity index (χ3n) is 6.41. The maximum atomic E-state index is 12.5. The van der Waals surface area contributed by atoms with E-state index in [9.17, 15) is 19.5 Å². The Labute approximate surface area is 205 Å². The van der Waals surface area contributed by atoms with Crippen LogP contribution in [-0.2, 0) is 19.1 Å². The minimum absolute atomic E-state index is 0.0177. The lowest BCUT2D eigenvalue weighted by Crippen LogP contribution is -2.46. The van der Waals surface area contributed by atoms with E-state index in [0.29, 0.717) is 13.0 Å². The predicted octanol–water partition coefficient (Wildman–Crippen LogP) is 3.55. The van der Waals surface area contributed by atoms with Crippen molar-refractivity contribution in [1.29, 1.82) is 0 Å². The molecule has 3 atom stereocenters. The molecule has 1 saturated carbocycles. The smallest absolute Gasteiger partial charge is 0.407 e. The first-order chi connectivity index (χ1) is 16.6. The van der Waals surface area contributed by atoms with E-state index in [1.807, 2.05) is 45.0 Å². The highest BCUT2D eigenvalue weighted by Gasteiger charge is 2.44. The minimum atomic E-state index is -1.14. The number of nitrogens with one attached hydrogen (secondary N) is 2. The number of alkyl carbamates (subject to hydrolysis) is 1. The van der Waals surface area contributed by atoms with Gasteiger partial charge in [0.25, 0.3) is 0 Å². The van der Waals surface area contributed by atoms with Crippen LogP contribution >= 0.6 is 0 Å². The lowest BCUT2D eigenvalue weighted by atomic mass is 9.98. The minimum Gasteiger partial charge on any atom is -0.480 e. The Morgan fingerprint density at radius 3 is 2.20 bits per heavy atom. The van der Waals surface area contributed by atoms with Gasteiger partial charge in [0.05, 0.1) is 12.2 Å². The number of aliphatic carboxylic acids is 1. The molecule has 2 aromatic rings. The van der Waals surface area contributed by atoms with Crippen molar-refractivity contribution in [3.05, 3.63) is 59.7 Å². The standard InChI is InChI=1S/C27H32N2O6/c1-27(2,3)35-15-23(25(31)32)29-24(30)21-12-16(21)13-28-26(33)34-14-22-19-10-6-4-8-17(19)18-9-5-7-11-20(18)22/h4-11,16,21-23H,12-15H2,1-3H3,(H,28,33)(H,29,30)(H,31,32)/t16-,21-,23+/m1/s1. The summed E-state index contributed by atoms with van der Waals surface area (Å²) in [5.41, 5.74) is 4.11. The van der Waals surface area contributed by atoms with Crippen LogP contribution in [-0.4, -0.2) is 54.5 Å². The lowest BCUT2D eigenvalue weighted by Gasteiger charge is -2.23. The van der Waals surface area contributed by atoms with E-state index in [-0.39, 0.29) is 36.9 Å². The molecule has 35 heavy (non-hydrogen) atoms. The van der Waals surface area contributed by atoms with Crippen molar-refractivity contribution in [2.24, 2.45) is 11.8 Å². The van der Waals surface area contributed by atoms with Crippen LogP contribution < -0.4 is 10.6 Å². The molecule has 2 aliphatic carbocycles. The first-order valence-electron chi connectivity index (χ1n) is 11.9. The van der Waals surface area contributed by atoms with Gasteiger partial charge in [0.15, 0.2) is 6.04 Å². The number of rotatable bonds is 9. The fraction of sp³-hybridized carbons (Fsp3) is 0.444. The molecule has 0 saturated heterocycles. The van der Waals surface area contributed by atoms with Crippen LogP contribution in [0.5, 0.6) is 0 Å². The molecule has 1 fully saturated rings. The van der Waals surface area contributed by atoms with E-state index >= 15 is 0 Å². The van der Waals surface area contributed by atoms with Gasteiger partial charge in [-0.15, -0.1) is 0 Å². The van der Waals surface area contributed by atoms with Crippen LogP contribution in [0.3, 0.4) is 0 Å². The third-order valence-corrected chi connectivity index (χ3v) is 6.41. The average molecular weight is 481 g/mol. The van der Waals surface area contributed by atoms with Crippen molar-refractivity contribution in [3.63, 3.8) is 0 Å². The van der Waals surface area contributed by atoms with Crippen LogP contribution in [0.2, 0.25) is 0 Å². The molecule has 2 aromatic carbocycles. The summed E-state index contributed by atoms with van der Waals surface area (Å²) in [6.45, 7) is 5.87. The number of fused-ring (bicyclic) bond motifs is 3. The summed E-state index contributed by atoms with van der Waals surface area (Å²) in [7, 11) is 0. The molecule has 0 bridgehead atoms. The Balaban J connectivity index is 1.23. The van der Waals surface area contributed by atoms with E-state index in [2.05, 4.69) is 34.9 Å². The van der Waals surface area contributed by atoms with Gasteiger partial charge in [0, 0.05) is 18.4 Å². The van der Waals surface area contributed by atoms with E-state index in [4.69, 9.17) is 9.47 Å². The summed E-state index contributed by atoms with van der Waals surface area (Å²) in [5.74, 6) is -1.88. The Kier molecular flexibility index (Phi) is 7.12. The molecule has 0 radical (unpaired) electrons. The molecule has 0 aromatic heterocycles. The molecule has 8 nitrogen and oxygen atoms in total. The molecular weight excluding hydrogens is 448 g/mol. The van der Waals surface area contributed by atoms with Gasteiger partial charge >= 0.3 is 12.1 Å². The highest BCUT2D eigenvalue weighted by atomic mass is 16.5. The molecule has 3 N–H and O–H groups in total. The summed E-state index contributed by atoms with van der Waals surface area (Å²) in [5, 5.41) is 14.6. The normalized spacial score (nSPS) is 19.3. The number of hydrogen-bond donors (Lipinski definition) is 3. The molecule has 0 spiro atoms. The predicted molar refractivity (Wildman–Crippen MR) is 130 cm³/mol. The number of ether oxygens (including phenoxy) is 2. The van der Waals surface area contributed by atoms with Crippen molar-refractivity contribution < 1.29 is 29.0 Å². The largest absolute Gasteiger partial charge is 0.480 e. The fourth-order valence-corrected chi connectivity index (χ4v) is 4.44. The molecule has 0 heterocycles. The van der Waals surface area contributed by atoms with Gasteiger partial charge in [-0.1, -0.05) is 48.5 Å². The number of carboxylic acids is 1. The first-order valence-corrected chi connectivity index (χ1v) is 11.9. The van der Waals surface area contributed by atoms with Crippen molar-refractivity contribution >= 4 is 18.0 Å². The molecule has 2 aliphatic rings. The van der Waals surface area contributed by atoms with Gasteiger partial charge < -0.3 is 25.2 Å². The number of hydrogen-bond acceptors (Lipinski definition) is 5. The van der Waals surface area contributed by atoms with Crippen LogP contribution in [0.4, 0.5) is 4.79 Å². The van der Waals surface area contributed by atoms with Gasteiger partial charge in [-0.05, 0) is 55.4 Å². The van der Waals surface area contributed by atoms with Crippen LogP contribution in [0.25, 0.3) is 11.1 Å². The van der Waals surface area contributed by atoms with Crippen molar-refractivity contribution in [2.75, 3.05) is 19.8 Å². The monoisotopic (exact) mass is 480 g/mol. The molecule has 4 rings (SSSR count). The number of carbonyl (C=O) groups excluding carboxylic acids is 2. The summed E-state index contributed by atoms with van der Waals surface area (Å²) in [6, 6.07) is 15.2. The van der Waals surface area contributed by atoms with Crippen molar-refractivity contribution in [3.8, 4) is 11.1 Å². The Morgan fingerprint density at radius 2 is 1.63 bits per heavy atom. The molecule has 2 amide bonds. The average Bonchev–Trinajstić information content (AvgIpc) is 3.53. The SMILES string of the molecule is CC(C)(C)OC[C@H](NC(=O)[C@@H]1C[C@@H]1CNC(=O)OCC1c2ccccc2-c2ccccc21)C(=O)O.